The number of hydrogen-bond acceptors (Lipinski definition) is 4. The molecule has 4 heteroatoms. The topological polar surface area (TPSA) is 39.7 Å². The van der Waals surface area contributed by atoms with Gasteiger partial charge in [0.05, 0.1) is 21.3 Å². The van der Waals surface area contributed by atoms with Gasteiger partial charge in [-0.1, -0.05) is 20.3 Å². The van der Waals surface area contributed by atoms with Crippen molar-refractivity contribution < 1.29 is 14.2 Å². The molecule has 0 spiro atoms. The first kappa shape index (κ1) is 17.6. The molecule has 0 heterocycles. The maximum absolute atomic E-state index is 5.38. The lowest BCUT2D eigenvalue weighted by molar-refractivity contribution is 0.323. The van der Waals surface area contributed by atoms with Gasteiger partial charge in [-0.05, 0) is 37.0 Å². The summed E-state index contributed by atoms with van der Waals surface area (Å²) < 4.78 is 16.1. The van der Waals surface area contributed by atoms with Gasteiger partial charge in [-0.25, -0.2) is 0 Å². The van der Waals surface area contributed by atoms with Crippen LogP contribution in [0, 0.1) is 5.92 Å². The third-order valence-electron chi connectivity index (χ3n) is 3.83. The molecule has 0 amide bonds. The van der Waals surface area contributed by atoms with E-state index in [1.54, 1.807) is 21.3 Å². The summed E-state index contributed by atoms with van der Waals surface area (Å²) in [6.07, 6.45) is 2.40. The standard InChI is InChI=1S/C17H29NO3/c1-7-12(2)8-13(3)18-11-14-9-15(19-4)17(21-6)16(10-14)20-5/h9-10,12-13,18H,7-8,11H2,1-6H3. The molecular weight excluding hydrogens is 266 g/mol. The van der Waals surface area contributed by atoms with Crippen LogP contribution >= 0.6 is 0 Å². The second-order valence-electron chi connectivity index (χ2n) is 5.56. The highest BCUT2D eigenvalue weighted by Crippen LogP contribution is 2.38. The summed E-state index contributed by atoms with van der Waals surface area (Å²) in [7, 11) is 4.90. The van der Waals surface area contributed by atoms with Gasteiger partial charge in [-0.3, -0.25) is 0 Å². The van der Waals surface area contributed by atoms with Gasteiger partial charge in [-0.15, -0.1) is 0 Å². The third-order valence-corrected chi connectivity index (χ3v) is 3.83. The molecule has 0 bridgehead atoms. The van der Waals surface area contributed by atoms with E-state index in [0.717, 1.165) is 18.0 Å². The zero-order valence-electron chi connectivity index (χ0n) is 14.2. The summed E-state index contributed by atoms with van der Waals surface area (Å²) >= 11 is 0. The van der Waals surface area contributed by atoms with E-state index in [4.69, 9.17) is 14.2 Å². The highest BCUT2D eigenvalue weighted by molar-refractivity contribution is 5.53. The van der Waals surface area contributed by atoms with Crippen LogP contribution in [0.2, 0.25) is 0 Å². The van der Waals surface area contributed by atoms with Crippen molar-refractivity contribution in [3.05, 3.63) is 17.7 Å². The van der Waals surface area contributed by atoms with E-state index in [1.165, 1.54) is 12.8 Å². The van der Waals surface area contributed by atoms with Crippen molar-refractivity contribution in [1.82, 2.24) is 5.32 Å². The molecule has 0 fully saturated rings. The predicted octanol–water partition coefficient (Wildman–Crippen LogP) is 3.63. The van der Waals surface area contributed by atoms with Gasteiger partial charge in [-0.2, -0.15) is 0 Å². The predicted molar refractivity (Wildman–Crippen MR) is 86.5 cm³/mol. The lowest BCUT2D eigenvalue weighted by atomic mass is 10.0. The number of rotatable bonds is 9. The fourth-order valence-corrected chi connectivity index (χ4v) is 2.38. The molecule has 2 atom stereocenters. The van der Waals surface area contributed by atoms with E-state index in [2.05, 4.69) is 26.1 Å². The second-order valence-corrected chi connectivity index (χ2v) is 5.56. The van der Waals surface area contributed by atoms with Gasteiger partial charge in [0.25, 0.3) is 0 Å². The Morgan fingerprint density at radius 1 is 1.00 bits per heavy atom. The molecule has 1 N–H and O–H groups in total. The lowest BCUT2D eigenvalue weighted by Gasteiger charge is -2.19. The molecule has 1 aromatic carbocycles. The number of ether oxygens (including phenoxy) is 3. The Hall–Kier alpha value is -1.42. The van der Waals surface area contributed by atoms with E-state index in [0.29, 0.717) is 23.3 Å². The number of nitrogens with one attached hydrogen (secondary N) is 1. The Morgan fingerprint density at radius 2 is 1.57 bits per heavy atom. The zero-order valence-corrected chi connectivity index (χ0v) is 14.2. The second kappa shape index (κ2) is 8.78. The smallest absolute Gasteiger partial charge is 0.203 e. The van der Waals surface area contributed by atoms with Gasteiger partial charge in [0, 0.05) is 12.6 Å². The summed E-state index contributed by atoms with van der Waals surface area (Å²) in [6.45, 7) is 7.53. The van der Waals surface area contributed by atoms with Crippen molar-refractivity contribution in [2.75, 3.05) is 21.3 Å². The van der Waals surface area contributed by atoms with Crippen molar-refractivity contribution >= 4 is 0 Å². The van der Waals surface area contributed by atoms with Gasteiger partial charge >= 0.3 is 0 Å². The molecule has 0 saturated carbocycles. The Labute approximate surface area is 128 Å². The molecule has 120 valence electrons. The lowest BCUT2D eigenvalue weighted by Crippen LogP contribution is -2.27. The SMILES string of the molecule is CCC(C)CC(C)NCc1cc(OC)c(OC)c(OC)c1. The molecule has 1 aromatic rings. The van der Waals surface area contributed by atoms with Crippen LogP contribution in [0.25, 0.3) is 0 Å². The fraction of sp³-hybridized carbons (Fsp3) is 0.647. The maximum Gasteiger partial charge on any atom is 0.203 e. The Morgan fingerprint density at radius 3 is 2.00 bits per heavy atom. The van der Waals surface area contributed by atoms with Gasteiger partial charge in [0.15, 0.2) is 11.5 Å². The molecular formula is C17H29NO3. The van der Waals surface area contributed by atoms with Gasteiger partial charge < -0.3 is 19.5 Å². The molecule has 2 unspecified atom stereocenters. The van der Waals surface area contributed by atoms with E-state index >= 15 is 0 Å². The van der Waals surface area contributed by atoms with Crippen molar-refractivity contribution in [3.8, 4) is 17.2 Å². The van der Waals surface area contributed by atoms with Crippen LogP contribution in [-0.2, 0) is 6.54 Å². The van der Waals surface area contributed by atoms with Crippen LogP contribution < -0.4 is 19.5 Å². The van der Waals surface area contributed by atoms with Crippen LogP contribution in [0.3, 0.4) is 0 Å². The summed E-state index contributed by atoms with van der Waals surface area (Å²) in [5.74, 6) is 2.77. The minimum absolute atomic E-state index is 0.485. The first-order valence-electron chi connectivity index (χ1n) is 7.57. The monoisotopic (exact) mass is 295 g/mol. The van der Waals surface area contributed by atoms with Gasteiger partial charge in [0.2, 0.25) is 5.75 Å². The normalized spacial score (nSPS) is 13.6. The van der Waals surface area contributed by atoms with Crippen molar-refractivity contribution in [2.24, 2.45) is 5.92 Å². The Bertz CT molecular complexity index is 409. The van der Waals surface area contributed by atoms with Crippen LogP contribution in [0.5, 0.6) is 17.2 Å². The molecule has 4 nitrogen and oxygen atoms in total. The van der Waals surface area contributed by atoms with Crippen molar-refractivity contribution in [2.45, 2.75) is 46.2 Å². The molecule has 0 saturated heterocycles. The van der Waals surface area contributed by atoms with Crippen molar-refractivity contribution in [1.29, 1.82) is 0 Å². The highest BCUT2D eigenvalue weighted by Gasteiger charge is 2.14. The van der Waals surface area contributed by atoms with E-state index in [9.17, 15) is 0 Å². The summed E-state index contributed by atoms with van der Waals surface area (Å²) in [4.78, 5) is 0. The fourth-order valence-electron chi connectivity index (χ4n) is 2.38. The van der Waals surface area contributed by atoms with Crippen LogP contribution in [0.4, 0.5) is 0 Å². The van der Waals surface area contributed by atoms with E-state index in [1.807, 2.05) is 12.1 Å². The summed E-state index contributed by atoms with van der Waals surface area (Å²) in [5.41, 5.74) is 1.13. The molecule has 0 aliphatic heterocycles. The average molecular weight is 295 g/mol. The summed E-state index contributed by atoms with van der Waals surface area (Å²) in [5, 5.41) is 3.55. The number of benzene rings is 1. The first-order chi connectivity index (χ1) is 10.0. The zero-order chi connectivity index (χ0) is 15.8. The largest absolute Gasteiger partial charge is 0.493 e. The Kier molecular flexibility index (Phi) is 7.37. The highest BCUT2D eigenvalue weighted by atomic mass is 16.5. The average Bonchev–Trinajstić information content (AvgIpc) is 2.51. The number of methoxy groups -OCH3 is 3. The maximum atomic E-state index is 5.38. The van der Waals surface area contributed by atoms with Gasteiger partial charge in [0.1, 0.15) is 0 Å². The van der Waals surface area contributed by atoms with E-state index in [-0.39, 0.29) is 0 Å². The van der Waals surface area contributed by atoms with E-state index < -0.39 is 0 Å². The minimum Gasteiger partial charge on any atom is -0.493 e. The van der Waals surface area contributed by atoms with Crippen molar-refractivity contribution in [3.63, 3.8) is 0 Å². The molecule has 0 aromatic heterocycles. The van der Waals surface area contributed by atoms with Crippen LogP contribution in [0.15, 0.2) is 12.1 Å². The molecule has 0 radical (unpaired) electrons. The minimum atomic E-state index is 0.485. The third kappa shape index (κ3) is 5.12. The van der Waals surface area contributed by atoms with Crippen LogP contribution in [0.1, 0.15) is 39.2 Å². The summed E-state index contributed by atoms with van der Waals surface area (Å²) in [6, 6.07) is 4.47. The van der Waals surface area contributed by atoms with Crippen LogP contribution in [-0.4, -0.2) is 27.4 Å². The number of hydrogen-bond donors (Lipinski definition) is 1. The molecule has 0 aliphatic carbocycles. The molecule has 0 aliphatic rings. The first-order valence-corrected chi connectivity index (χ1v) is 7.57. The molecule has 1 rings (SSSR count). The molecule has 21 heavy (non-hydrogen) atoms. The quantitative estimate of drug-likeness (QED) is 0.755. The Balaban J connectivity index is 2.75.